The van der Waals surface area contributed by atoms with Gasteiger partial charge in [0.05, 0.1) is 29.4 Å². The maximum atomic E-state index is 9.01. The van der Waals surface area contributed by atoms with E-state index in [0.717, 1.165) is 33.6 Å². The lowest BCUT2D eigenvalue weighted by Gasteiger charge is -2.08. The van der Waals surface area contributed by atoms with Crippen LogP contribution in [0, 0.1) is 6.92 Å². The third-order valence-corrected chi connectivity index (χ3v) is 5.12. The molecule has 3 aromatic rings. The molecule has 3 rings (SSSR count). The van der Waals surface area contributed by atoms with Crippen LogP contribution in [0.1, 0.15) is 22.6 Å². The van der Waals surface area contributed by atoms with Gasteiger partial charge < -0.3 is 20.6 Å². The SMILES string of the molecule is Cc1c(C[C@@H](N)CCO)sc2c(NCc3ccco3)cnnc12. The van der Waals surface area contributed by atoms with Crippen LogP contribution >= 0.6 is 11.3 Å². The van der Waals surface area contributed by atoms with Crippen molar-refractivity contribution in [1.29, 1.82) is 0 Å². The molecule has 0 bridgehead atoms. The Bertz CT molecular complexity index is 770. The molecule has 0 aliphatic rings. The van der Waals surface area contributed by atoms with Crippen molar-refractivity contribution >= 4 is 27.2 Å². The predicted molar refractivity (Wildman–Crippen MR) is 91.6 cm³/mol. The van der Waals surface area contributed by atoms with Gasteiger partial charge in [-0.05, 0) is 37.5 Å². The van der Waals surface area contributed by atoms with Gasteiger partial charge in [0.15, 0.2) is 0 Å². The van der Waals surface area contributed by atoms with E-state index in [1.807, 2.05) is 19.1 Å². The summed E-state index contributed by atoms with van der Waals surface area (Å²) in [6.45, 7) is 2.76. The number of aliphatic hydroxyl groups is 1. The van der Waals surface area contributed by atoms with E-state index in [0.29, 0.717) is 13.0 Å². The third kappa shape index (κ3) is 3.52. The van der Waals surface area contributed by atoms with Gasteiger partial charge in [0.2, 0.25) is 0 Å². The lowest BCUT2D eigenvalue weighted by molar-refractivity contribution is 0.275. The van der Waals surface area contributed by atoms with Crippen molar-refractivity contribution in [3.05, 3.63) is 40.8 Å². The number of rotatable bonds is 7. The standard InChI is InChI=1S/C16H20N4O2S/c1-10-14(7-11(17)4-5-21)23-16-13(9-19-20-15(10)16)18-8-12-3-2-6-22-12/h2-3,6,9,11,21H,4-5,7-8,17H2,1H3,(H,18,20)/t11-/m0/s1. The van der Waals surface area contributed by atoms with E-state index < -0.39 is 0 Å². The van der Waals surface area contributed by atoms with E-state index in [9.17, 15) is 0 Å². The van der Waals surface area contributed by atoms with Gasteiger partial charge in [-0.3, -0.25) is 0 Å². The molecule has 0 fully saturated rings. The molecule has 122 valence electrons. The van der Waals surface area contributed by atoms with Gasteiger partial charge >= 0.3 is 0 Å². The van der Waals surface area contributed by atoms with E-state index >= 15 is 0 Å². The van der Waals surface area contributed by atoms with E-state index in [1.54, 1.807) is 23.8 Å². The molecule has 0 radical (unpaired) electrons. The van der Waals surface area contributed by atoms with Crippen molar-refractivity contribution < 1.29 is 9.52 Å². The minimum atomic E-state index is -0.0424. The average molecular weight is 332 g/mol. The molecule has 6 nitrogen and oxygen atoms in total. The van der Waals surface area contributed by atoms with Crippen molar-refractivity contribution in [3.63, 3.8) is 0 Å². The van der Waals surface area contributed by atoms with Gasteiger partial charge in [-0.25, -0.2) is 0 Å². The number of anilines is 1. The van der Waals surface area contributed by atoms with Crippen LogP contribution in [0.2, 0.25) is 0 Å². The van der Waals surface area contributed by atoms with Crippen molar-refractivity contribution in [2.45, 2.75) is 32.4 Å². The average Bonchev–Trinajstić information content (AvgIpc) is 3.15. The maximum Gasteiger partial charge on any atom is 0.122 e. The van der Waals surface area contributed by atoms with E-state index in [2.05, 4.69) is 15.5 Å². The monoisotopic (exact) mass is 332 g/mol. The summed E-state index contributed by atoms with van der Waals surface area (Å²) < 4.78 is 6.42. The summed E-state index contributed by atoms with van der Waals surface area (Å²) in [6.07, 6.45) is 4.74. The normalized spacial score (nSPS) is 12.7. The molecule has 23 heavy (non-hydrogen) atoms. The van der Waals surface area contributed by atoms with Crippen LogP contribution < -0.4 is 11.1 Å². The van der Waals surface area contributed by atoms with Crippen LogP contribution in [0.5, 0.6) is 0 Å². The Hall–Kier alpha value is -1.96. The summed E-state index contributed by atoms with van der Waals surface area (Å²) in [7, 11) is 0. The fourth-order valence-corrected chi connectivity index (χ4v) is 3.80. The molecule has 0 spiro atoms. The highest BCUT2D eigenvalue weighted by Gasteiger charge is 2.16. The minimum Gasteiger partial charge on any atom is -0.467 e. The highest BCUT2D eigenvalue weighted by Crippen LogP contribution is 2.34. The first-order valence-electron chi connectivity index (χ1n) is 7.55. The topological polar surface area (TPSA) is 97.2 Å². The van der Waals surface area contributed by atoms with Crippen LogP contribution in [-0.4, -0.2) is 28.0 Å². The van der Waals surface area contributed by atoms with Crippen LogP contribution in [-0.2, 0) is 13.0 Å². The van der Waals surface area contributed by atoms with Gasteiger partial charge in [-0.15, -0.1) is 16.4 Å². The fraction of sp³-hybridized carbons (Fsp3) is 0.375. The predicted octanol–water partition coefficient (Wildman–Crippen LogP) is 2.46. The van der Waals surface area contributed by atoms with Crippen molar-refractivity contribution in [3.8, 4) is 0 Å². The zero-order valence-corrected chi connectivity index (χ0v) is 13.8. The molecule has 1 atom stereocenters. The second-order valence-electron chi connectivity index (χ2n) is 5.50. The Balaban J connectivity index is 1.85. The molecular weight excluding hydrogens is 312 g/mol. The Morgan fingerprint density at radius 2 is 2.35 bits per heavy atom. The van der Waals surface area contributed by atoms with Crippen LogP contribution in [0.3, 0.4) is 0 Å². The number of thiophene rings is 1. The number of aliphatic hydroxyl groups excluding tert-OH is 1. The minimum absolute atomic E-state index is 0.0424. The van der Waals surface area contributed by atoms with Crippen molar-refractivity contribution in [2.24, 2.45) is 5.73 Å². The third-order valence-electron chi connectivity index (χ3n) is 3.78. The quantitative estimate of drug-likeness (QED) is 0.615. The van der Waals surface area contributed by atoms with Crippen LogP contribution in [0.4, 0.5) is 5.69 Å². The number of aromatic nitrogens is 2. The molecule has 0 unspecified atom stereocenters. The fourth-order valence-electron chi connectivity index (χ4n) is 2.48. The second kappa shape index (κ2) is 7.08. The number of hydrogen-bond donors (Lipinski definition) is 3. The van der Waals surface area contributed by atoms with Crippen LogP contribution in [0.25, 0.3) is 10.2 Å². The number of aryl methyl sites for hydroxylation is 1. The van der Waals surface area contributed by atoms with E-state index in [1.165, 1.54) is 4.88 Å². The molecule has 4 N–H and O–H groups in total. The molecule has 0 aromatic carbocycles. The molecule has 0 amide bonds. The second-order valence-corrected chi connectivity index (χ2v) is 6.60. The maximum absolute atomic E-state index is 9.01. The number of nitrogens with zero attached hydrogens (tertiary/aromatic N) is 2. The van der Waals surface area contributed by atoms with E-state index in [-0.39, 0.29) is 12.6 Å². The molecule has 0 aliphatic carbocycles. The summed E-state index contributed by atoms with van der Waals surface area (Å²) in [4.78, 5) is 1.20. The summed E-state index contributed by atoms with van der Waals surface area (Å²) in [5.74, 6) is 0.869. The summed E-state index contributed by atoms with van der Waals surface area (Å²) >= 11 is 1.68. The molecule has 0 saturated heterocycles. The molecule has 0 saturated carbocycles. The summed E-state index contributed by atoms with van der Waals surface area (Å²) in [6, 6.07) is 3.75. The van der Waals surface area contributed by atoms with E-state index in [4.69, 9.17) is 15.3 Å². The Labute approximate surface area is 138 Å². The van der Waals surface area contributed by atoms with Crippen molar-refractivity contribution in [1.82, 2.24) is 10.2 Å². The Morgan fingerprint density at radius 3 is 3.09 bits per heavy atom. The molecular formula is C16H20N4O2S. The Morgan fingerprint density at radius 1 is 1.48 bits per heavy atom. The zero-order chi connectivity index (χ0) is 16.2. The van der Waals surface area contributed by atoms with Gasteiger partial charge in [-0.2, -0.15) is 5.10 Å². The van der Waals surface area contributed by atoms with Crippen LogP contribution in [0.15, 0.2) is 29.0 Å². The molecule has 3 aromatic heterocycles. The molecule has 3 heterocycles. The smallest absolute Gasteiger partial charge is 0.122 e. The van der Waals surface area contributed by atoms with Gasteiger partial charge in [-0.1, -0.05) is 0 Å². The molecule has 7 heteroatoms. The van der Waals surface area contributed by atoms with Gasteiger partial charge in [0.25, 0.3) is 0 Å². The highest BCUT2D eigenvalue weighted by atomic mass is 32.1. The van der Waals surface area contributed by atoms with Gasteiger partial charge in [0.1, 0.15) is 11.3 Å². The first-order valence-corrected chi connectivity index (χ1v) is 8.37. The lowest BCUT2D eigenvalue weighted by Crippen LogP contribution is -2.23. The number of nitrogens with two attached hydrogens (primary N) is 1. The number of nitrogens with one attached hydrogen (secondary N) is 1. The Kier molecular flexibility index (Phi) is 4.90. The number of fused-ring (bicyclic) bond motifs is 1. The highest BCUT2D eigenvalue weighted by molar-refractivity contribution is 7.19. The first-order chi connectivity index (χ1) is 11.2. The summed E-state index contributed by atoms with van der Waals surface area (Å²) in [5.41, 5.74) is 9.02. The van der Waals surface area contributed by atoms with Gasteiger partial charge in [0, 0.05) is 17.5 Å². The largest absolute Gasteiger partial charge is 0.467 e. The van der Waals surface area contributed by atoms with Crippen molar-refractivity contribution in [2.75, 3.05) is 11.9 Å². The number of furan rings is 1. The number of hydrogen-bond acceptors (Lipinski definition) is 7. The molecule has 0 aliphatic heterocycles. The zero-order valence-electron chi connectivity index (χ0n) is 13.0. The first kappa shape index (κ1) is 15.9. The summed E-state index contributed by atoms with van der Waals surface area (Å²) in [5, 5.41) is 20.7. The lowest BCUT2D eigenvalue weighted by atomic mass is 10.1.